The second kappa shape index (κ2) is 2.87. The Bertz CT molecular complexity index is 357. The summed E-state index contributed by atoms with van der Waals surface area (Å²) in [6, 6.07) is 1.93. The number of furan rings is 1. The van der Waals surface area contributed by atoms with Crippen LogP contribution in [0.4, 0.5) is 0 Å². The van der Waals surface area contributed by atoms with E-state index in [0.29, 0.717) is 6.42 Å². The average molecular weight is 176 g/mol. The Morgan fingerprint density at radius 3 is 2.69 bits per heavy atom. The molecule has 0 radical (unpaired) electrons. The largest absolute Gasteiger partial charge is 0.472 e. The molecule has 1 aliphatic carbocycles. The quantitative estimate of drug-likeness (QED) is 0.658. The lowest BCUT2D eigenvalue weighted by molar-refractivity contribution is -0.115. The number of carbonyl (C=O) groups is 1. The van der Waals surface area contributed by atoms with E-state index in [1.165, 1.54) is 5.57 Å². The van der Waals surface area contributed by atoms with Crippen molar-refractivity contribution in [2.24, 2.45) is 0 Å². The number of hydrogen-bond acceptors (Lipinski definition) is 2. The lowest BCUT2D eigenvalue weighted by atomic mass is 9.96. The summed E-state index contributed by atoms with van der Waals surface area (Å²) in [6.45, 7) is 3.93. The van der Waals surface area contributed by atoms with Crippen LogP contribution in [0, 0.1) is 0 Å². The molecular formula is C11H12O2. The molecule has 0 spiro atoms. The van der Waals surface area contributed by atoms with Crippen LogP contribution in [0.5, 0.6) is 0 Å². The Morgan fingerprint density at radius 1 is 1.46 bits per heavy atom. The van der Waals surface area contributed by atoms with Crippen molar-refractivity contribution >= 4 is 5.78 Å². The number of hydrogen-bond donors (Lipinski definition) is 0. The molecule has 1 heterocycles. The van der Waals surface area contributed by atoms with Gasteiger partial charge in [-0.2, -0.15) is 0 Å². The van der Waals surface area contributed by atoms with Gasteiger partial charge in [0.15, 0.2) is 5.78 Å². The van der Waals surface area contributed by atoms with Gasteiger partial charge in [-0.05, 0) is 31.1 Å². The highest BCUT2D eigenvalue weighted by Gasteiger charge is 2.28. The predicted molar refractivity (Wildman–Crippen MR) is 49.4 cm³/mol. The normalized spacial score (nSPS) is 22.9. The van der Waals surface area contributed by atoms with E-state index in [1.54, 1.807) is 12.5 Å². The molecule has 13 heavy (non-hydrogen) atoms. The minimum atomic E-state index is 0.256. The molecule has 0 aliphatic heterocycles. The molecular weight excluding hydrogens is 164 g/mol. The lowest BCUT2D eigenvalue weighted by Crippen LogP contribution is -1.96. The summed E-state index contributed by atoms with van der Waals surface area (Å²) in [7, 11) is 0. The van der Waals surface area contributed by atoms with E-state index >= 15 is 0 Å². The third kappa shape index (κ3) is 1.22. The van der Waals surface area contributed by atoms with E-state index in [9.17, 15) is 4.79 Å². The molecule has 0 fully saturated rings. The SMILES string of the molecule is CC1=C(C)C(c2ccoc2)CC1=O. The van der Waals surface area contributed by atoms with Crippen molar-refractivity contribution in [2.75, 3.05) is 0 Å². The first kappa shape index (κ1) is 8.30. The maximum absolute atomic E-state index is 11.4. The lowest BCUT2D eigenvalue weighted by Gasteiger charge is -2.06. The highest BCUT2D eigenvalue weighted by Crippen LogP contribution is 2.36. The monoisotopic (exact) mass is 176 g/mol. The fourth-order valence-electron chi connectivity index (χ4n) is 1.81. The zero-order valence-corrected chi connectivity index (χ0v) is 7.83. The van der Waals surface area contributed by atoms with Crippen LogP contribution in [0.25, 0.3) is 0 Å². The van der Waals surface area contributed by atoms with Gasteiger partial charge in [-0.3, -0.25) is 4.79 Å². The van der Waals surface area contributed by atoms with Gasteiger partial charge in [0.1, 0.15) is 0 Å². The number of allylic oxidation sites excluding steroid dienone is 2. The van der Waals surface area contributed by atoms with Gasteiger partial charge in [-0.1, -0.05) is 5.57 Å². The maximum Gasteiger partial charge on any atom is 0.159 e. The van der Waals surface area contributed by atoms with Crippen molar-refractivity contribution in [3.63, 3.8) is 0 Å². The summed E-state index contributed by atoms with van der Waals surface area (Å²) in [6.07, 6.45) is 3.98. The Balaban J connectivity index is 2.36. The minimum absolute atomic E-state index is 0.256. The highest BCUT2D eigenvalue weighted by molar-refractivity contribution is 5.99. The number of rotatable bonds is 1. The summed E-state index contributed by atoms with van der Waals surface area (Å²) < 4.78 is 5.01. The third-order valence-corrected chi connectivity index (χ3v) is 2.87. The number of Topliss-reactive ketones (excluding diaryl/α,β-unsaturated/α-hetero) is 1. The second-order valence-corrected chi connectivity index (χ2v) is 3.54. The summed E-state index contributed by atoms with van der Waals surface area (Å²) in [5.74, 6) is 0.523. The van der Waals surface area contributed by atoms with Crippen molar-refractivity contribution in [3.8, 4) is 0 Å². The first-order chi connectivity index (χ1) is 6.20. The van der Waals surface area contributed by atoms with Crippen LogP contribution in [0.3, 0.4) is 0 Å². The average Bonchev–Trinajstić information content (AvgIpc) is 2.70. The van der Waals surface area contributed by atoms with Crippen LogP contribution >= 0.6 is 0 Å². The molecule has 2 heteroatoms. The summed E-state index contributed by atoms with van der Waals surface area (Å²) in [5, 5.41) is 0. The molecule has 0 N–H and O–H groups in total. The summed E-state index contributed by atoms with van der Waals surface area (Å²) >= 11 is 0. The van der Waals surface area contributed by atoms with Crippen LogP contribution in [-0.2, 0) is 4.79 Å². The number of ketones is 1. The smallest absolute Gasteiger partial charge is 0.159 e. The van der Waals surface area contributed by atoms with Gasteiger partial charge in [-0.15, -0.1) is 0 Å². The Kier molecular flexibility index (Phi) is 1.83. The van der Waals surface area contributed by atoms with E-state index in [2.05, 4.69) is 0 Å². The first-order valence-corrected chi connectivity index (χ1v) is 4.43. The molecule has 0 saturated carbocycles. The van der Waals surface area contributed by atoms with E-state index < -0.39 is 0 Å². The molecule has 2 rings (SSSR count). The third-order valence-electron chi connectivity index (χ3n) is 2.87. The van der Waals surface area contributed by atoms with Gasteiger partial charge in [0.25, 0.3) is 0 Å². The van der Waals surface area contributed by atoms with E-state index in [-0.39, 0.29) is 11.7 Å². The molecule has 1 aliphatic rings. The van der Waals surface area contributed by atoms with E-state index in [4.69, 9.17) is 4.42 Å². The fourth-order valence-corrected chi connectivity index (χ4v) is 1.81. The van der Waals surface area contributed by atoms with Crippen LogP contribution in [0.15, 0.2) is 34.2 Å². The molecule has 0 saturated heterocycles. The van der Waals surface area contributed by atoms with Crippen LogP contribution in [-0.4, -0.2) is 5.78 Å². The van der Waals surface area contributed by atoms with Gasteiger partial charge >= 0.3 is 0 Å². The summed E-state index contributed by atoms with van der Waals surface area (Å²) in [5.41, 5.74) is 3.22. The van der Waals surface area contributed by atoms with E-state index in [0.717, 1.165) is 11.1 Å². The molecule has 2 nitrogen and oxygen atoms in total. The Labute approximate surface area is 77.2 Å². The van der Waals surface area contributed by atoms with Gasteiger partial charge in [0, 0.05) is 12.3 Å². The molecule has 0 aromatic carbocycles. The summed E-state index contributed by atoms with van der Waals surface area (Å²) in [4.78, 5) is 11.4. The number of carbonyl (C=O) groups excluding carboxylic acids is 1. The predicted octanol–water partition coefficient (Wildman–Crippen LogP) is 2.67. The van der Waals surface area contributed by atoms with Crippen molar-refractivity contribution in [1.82, 2.24) is 0 Å². The van der Waals surface area contributed by atoms with Gasteiger partial charge < -0.3 is 4.42 Å². The second-order valence-electron chi connectivity index (χ2n) is 3.54. The standard InChI is InChI=1S/C11H12O2/c1-7-8(2)11(12)5-10(7)9-3-4-13-6-9/h3-4,6,10H,5H2,1-2H3. The first-order valence-electron chi connectivity index (χ1n) is 4.43. The van der Waals surface area contributed by atoms with Crippen molar-refractivity contribution < 1.29 is 9.21 Å². The van der Waals surface area contributed by atoms with Crippen molar-refractivity contribution in [3.05, 3.63) is 35.3 Å². The molecule has 1 unspecified atom stereocenters. The molecule has 1 aromatic rings. The van der Waals surface area contributed by atoms with Crippen LogP contribution in [0.2, 0.25) is 0 Å². The topological polar surface area (TPSA) is 30.2 Å². The molecule has 68 valence electrons. The minimum Gasteiger partial charge on any atom is -0.472 e. The van der Waals surface area contributed by atoms with Crippen molar-refractivity contribution in [2.45, 2.75) is 26.2 Å². The molecule has 0 amide bonds. The molecule has 1 aromatic heterocycles. The van der Waals surface area contributed by atoms with Gasteiger partial charge in [-0.25, -0.2) is 0 Å². The van der Waals surface area contributed by atoms with Gasteiger partial charge in [0.05, 0.1) is 12.5 Å². The Morgan fingerprint density at radius 2 is 2.23 bits per heavy atom. The van der Waals surface area contributed by atoms with E-state index in [1.807, 2.05) is 19.9 Å². The molecule has 0 bridgehead atoms. The van der Waals surface area contributed by atoms with Crippen LogP contribution in [0.1, 0.15) is 31.7 Å². The highest BCUT2D eigenvalue weighted by atomic mass is 16.3. The van der Waals surface area contributed by atoms with Gasteiger partial charge in [0.2, 0.25) is 0 Å². The fraction of sp³-hybridized carbons (Fsp3) is 0.364. The zero-order chi connectivity index (χ0) is 9.42. The van der Waals surface area contributed by atoms with Crippen LogP contribution < -0.4 is 0 Å². The van der Waals surface area contributed by atoms with Crippen molar-refractivity contribution in [1.29, 1.82) is 0 Å². The maximum atomic E-state index is 11.4. The molecule has 1 atom stereocenters. The zero-order valence-electron chi connectivity index (χ0n) is 7.83. The Hall–Kier alpha value is -1.31.